The largest absolute Gasteiger partial charge is 0.444 e. The third-order valence-electron chi connectivity index (χ3n) is 18.6. The molecule has 10 aromatic rings. The van der Waals surface area contributed by atoms with Crippen molar-refractivity contribution in [1.29, 1.82) is 0 Å². The van der Waals surface area contributed by atoms with Gasteiger partial charge in [0, 0.05) is 115 Å². The van der Waals surface area contributed by atoms with Crippen LogP contribution in [0.5, 0.6) is 0 Å². The molecule has 0 aliphatic carbocycles. The van der Waals surface area contributed by atoms with Gasteiger partial charge in [0.1, 0.15) is 96.9 Å². The smallest absolute Gasteiger partial charge is 0.407 e. The molecule has 720 valence electrons. The van der Waals surface area contributed by atoms with Crippen LogP contribution in [0.2, 0.25) is 58.9 Å². The van der Waals surface area contributed by atoms with E-state index in [2.05, 4.69) is 130 Å². The molecule has 5 heterocycles. The highest BCUT2D eigenvalue weighted by molar-refractivity contribution is 14.1. The number of carbonyl (C=O) groups is 4. The van der Waals surface area contributed by atoms with Crippen LogP contribution in [0.4, 0.5) is 68.4 Å². The standard InChI is InChI=1S/C19H17F3N2.C19H28F2N2O2Si.C17H22F2N2O2.C14H27NO2Si.C12H14F2N2.C6H9ClOSi.C6H4F2IN.4H2S/c1-2-13-9-15-14-7-12(21)8-16(22)18(14)24-19(15)17(23-13)10-3-5-11(20)6-4-10;1-11(22-18(24)25-19(2,3)4)8-14-13-9-12(20)10-15(21)16(13)23-17(14)26(5,6)7;1-5-12(21-16(22)23-17(2,3)4)6-10-9-20-15-13(10)7-11(18)8-14(15)19;1-8-12(10-9-11-18(5,6)7)15-13(16)17-14(2,3)4;1-2-9(15)3-7-6-16-12-10(7)4-8(13)5-11(12)14;1-9(2,3)5-4-6(7)8;7-3-1-4(8)6(10)5(9)2-3;;;;/h3-8,13,17,23-24H,2,9H2,1H3;9-11,23H,8H2,1-7H3,(H,22,24);7-9,12,20H,5-6H2,1-4H3,(H,21,22);12H,8,10H2,1-7H3,(H,15,16);4-6,9,16H,2-3,15H2,1H3;1-3H3;1-2H,10H2;4*1H2/t13-,17-;11-;2*12-;9-;;;;;;/m00000....../s1. The molecule has 0 spiro atoms. The van der Waals surface area contributed by atoms with Crippen molar-refractivity contribution in [1.82, 2.24) is 41.2 Å². The molecule has 0 saturated heterocycles. The van der Waals surface area contributed by atoms with Gasteiger partial charge in [-0.1, -0.05) is 98.8 Å². The first-order chi connectivity index (χ1) is 58.2. The van der Waals surface area contributed by atoms with E-state index in [1.807, 2.05) is 48.5 Å². The van der Waals surface area contributed by atoms with Crippen LogP contribution in [0.1, 0.15) is 169 Å². The predicted molar refractivity (Wildman–Crippen MR) is 543 cm³/mol. The third kappa shape index (κ3) is 40.1. The Morgan fingerprint density at radius 3 is 1.34 bits per heavy atom. The van der Waals surface area contributed by atoms with E-state index in [9.17, 15) is 67.5 Å². The molecule has 0 unspecified atom stereocenters. The number of alkyl carbamates (subject to hydrolysis) is 3. The van der Waals surface area contributed by atoms with Crippen molar-refractivity contribution in [2.45, 2.75) is 267 Å². The number of amides is 3. The lowest BCUT2D eigenvalue weighted by molar-refractivity contribution is -0.107. The Morgan fingerprint density at radius 2 is 0.931 bits per heavy atom. The van der Waals surface area contributed by atoms with Crippen molar-refractivity contribution in [3.05, 3.63) is 198 Å². The average Bonchev–Trinajstić information content (AvgIpc) is 1.59. The van der Waals surface area contributed by atoms with Gasteiger partial charge in [-0.2, -0.15) is 54.0 Å². The molecule has 12 N–H and O–H groups in total. The lowest BCUT2D eigenvalue weighted by Crippen LogP contribution is -2.43. The van der Waals surface area contributed by atoms with E-state index < -0.39 is 117 Å². The SMILES string of the molecule is CC[C@@H](CC#C[Si](C)(C)C)NC(=O)OC(C)(C)C.CC[C@@H](Cc1c[nH]c2c(F)cc(F)cc12)NC(=O)OC(C)(C)C.CC[C@H](N)Cc1c[nH]c2c(F)cc(F)cc12.CC[C@H]1Cc2c([nH]c3c(F)cc(F)cc23)[C@H](c2ccc(F)cc2)N1.C[C@@H](Cc1c([Si](C)(C)C)[nH]c2c(F)cc(F)cc12)NC(=O)OC(C)(C)C.C[Si](C)(C)C#CC(=O)Cl.Nc1c(F)cc(F)cc1I.S.S.S.S. The minimum Gasteiger partial charge on any atom is -0.444 e. The number of aromatic nitrogens is 4. The summed E-state index contributed by atoms with van der Waals surface area (Å²) in [4.78, 5) is 57.5. The second kappa shape index (κ2) is 52.7. The molecule has 0 radical (unpaired) electrons. The van der Waals surface area contributed by atoms with E-state index in [1.54, 1.807) is 88.7 Å². The first-order valence-electron chi connectivity index (χ1n) is 41.5. The van der Waals surface area contributed by atoms with Crippen molar-refractivity contribution in [3.63, 3.8) is 0 Å². The van der Waals surface area contributed by atoms with Gasteiger partial charge in [-0.25, -0.2) is 62.7 Å². The minimum atomic E-state index is -1.83. The average molecular weight is 2080 g/mol. The zero-order valence-electron chi connectivity index (χ0n) is 78.0. The summed E-state index contributed by atoms with van der Waals surface area (Å²) in [6.45, 7) is 45.4. The molecule has 4 aromatic heterocycles. The van der Waals surface area contributed by atoms with Gasteiger partial charge in [0.25, 0.3) is 5.24 Å². The summed E-state index contributed by atoms with van der Waals surface area (Å²) in [5, 5.41) is 14.6. The minimum absolute atomic E-state index is 0. The Morgan fingerprint density at radius 1 is 0.523 bits per heavy atom. The Hall–Kier alpha value is -7.90. The number of hydrogen-bond donors (Lipinski definition) is 10. The fraction of sp³-hybridized carbons (Fsp3) is 0.441. The number of rotatable bonds is 16. The number of hydrogen-bond acceptors (Lipinski definition) is 10. The molecule has 1 aliphatic rings. The van der Waals surface area contributed by atoms with Crippen LogP contribution in [0.3, 0.4) is 0 Å². The van der Waals surface area contributed by atoms with Crippen molar-refractivity contribution in [3.8, 4) is 22.9 Å². The number of fused-ring (bicyclic) bond motifs is 6. The van der Waals surface area contributed by atoms with Gasteiger partial charge in [-0.3, -0.25) is 4.79 Å². The van der Waals surface area contributed by atoms with E-state index >= 15 is 0 Å². The number of halogens is 13. The number of ether oxygens (including phenoxy) is 3. The molecule has 11 rings (SSSR count). The molecule has 6 aromatic carbocycles. The number of aromatic amines is 4. The molecule has 6 atom stereocenters. The summed E-state index contributed by atoms with van der Waals surface area (Å²) in [5.41, 5.74) is 22.0. The molecule has 0 bridgehead atoms. The van der Waals surface area contributed by atoms with Gasteiger partial charge in [-0.15, -0.1) is 17.0 Å². The number of anilines is 1. The summed E-state index contributed by atoms with van der Waals surface area (Å²) >= 11 is 6.76. The Balaban J connectivity index is 0.000000773. The van der Waals surface area contributed by atoms with Crippen molar-refractivity contribution in [2.75, 3.05) is 5.73 Å². The molecular weight excluding hydrogens is 1950 g/mol. The highest BCUT2D eigenvalue weighted by Crippen LogP contribution is 2.38. The van der Waals surface area contributed by atoms with Gasteiger partial charge < -0.3 is 66.9 Å². The van der Waals surface area contributed by atoms with Crippen LogP contribution >= 0.6 is 88.2 Å². The Labute approximate surface area is 806 Å². The van der Waals surface area contributed by atoms with E-state index in [0.717, 1.165) is 88.4 Å². The van der Waals surface area contributed by atoms with Crippen LogP contribution in [0.25, 0.3) is 43.6 Å². The Bertz CT molecular complexity index is 5510. The third-order valence-corrected chi connectivity index (χ3v) is 23.3. The summed E-state index contributed by atoms with van der Waals surface area (Å²) in [7, 11) is -4.54. The number of H-pyrrole nitrogens is 4. The van der Waals surface area contributed by atoms with E-state index in [1.165, 1.54) is 42.5 Å². The molecule has 0 saturated carbocycles. The van der Waals surface area contributed by atoms with Crippen LogP contribution < -0.4 is 38.1 Å². The van der Waals surface area contributed by atoms with E-state index in [0.29, 0.717) is 80.2 Å². The quantitative estimate of drug-likeness (QED) is 0.00832. The number of carbonyl (C=O) groups excluding carboxylic acids is 4. The lowest BCUT2D eigenvalue weighted by Gasteiger charge is -2.31. The second-order valence-corrected chi connectivity index (χ2v) is 52.7. The topological polar surface area (TPSA) is 259 Å². The number of nitrogens with two attached hydrogens (primary N) is 2. The monoisotopic (exact) mass is 2080 g/mol. The van der Waals surface area contributed by atoms with Crippen LogP contribution in [-0.2, 0) is 44.7 Å². The van der Waals surface area contributed by atoms with Gasteiger partial charge in [0.15, 0.2) is 0 Å². The van der Waals surface area contributed by atoms with Gasteiger partial charge in [-0.05, 0) is 231 Å². The first-order valence-corrected chi connectivity index (χ1v) is 53.4. The molecule has 17 nitrogen and oxygen atoms in total. The fourth-order valence-electron chi connectivity index (χ4n) is 12.8. The molecular formula is C93H129ClF11IN10O7S4Si3. The maximum Gasteiger partial charge on any atom is 0.407 e. The molecule has 3 amide bonds. The summed E-state index contributed by atoms with van der Waals surface area (Å²) in [6.07, 6.45) is 8.18. The van der Waals surface area contributed by atoms with Gasteiger partial charge in [0.05, 0.1) is 41.9 Å². The zero-order valence-corrected chi connectivity index (χ0v) is 87.9. The van der Waals surface area contributed by atoms with Crippen molar-refractivity contribution >= 4 is 191 Å². The lowest BCUT2D eigenvalue weighted by atomic mass is 9.89. The zero-order chi connectivity index (χ0) is 95.2. The fourth-order valence-corrected chi connectivity index (χ4v) is 16.2. The van der Waals surface area contributed by atoms with E-state index in [-0.39, 0.29) is 113 Å². The molecule has 0 fully saturated rings. The number of benzene rings is 6. The second-order valence-electron chi connectivity index (χ2n) is 36.7. The molecule has 130 heavy (non-hydrogen) atoms. The van der Waals surface area contributed by atoms with Gasteiger partial charge in [0.2, 0.25) is 0 Å². The highest BCUT2D eigenvalue weighted by atomic mass is 127. The summed E-state index contributed by atoms with van der Waals surface area (Å²) < 4.78 is 164. The van der Waals surface area contributed by atoms with Crippen molar-refractivity contribution in [2.24, 2.45) is 5.73 Å². The molecule has 37 heteroatoms. The van der Waals surface area contributed by atoms with Crippen LogP contribution in [0, 0.1) is 90.5 Å². The van der Waals surface area contributed by atoms with Crippen LogP contribution in [0.15, 0.2) is 97.3 Å². The maximum atomic E-state index is 14.2. The van der Waals surface area contributed by atoms with Gasteiger partial charge >= 0.3 is 18.3 Å². The Kier molecular flexibility index (Phi) is 48.7. The van der Waals surface area contributed by atoms with E-state index in [4.69, 9.17) is 37.3 Å². The predicted octanol–water partition coefficient (Wildman–Crippen LogP) is 23.9. The maximum absolute atomic E-state index is 14.2. The molecule has 1 aliphatic heterocycles. The summed E-state index contributed by atoms with van der Waals surface area (Å²) in [5.74, 6) is -0.839. The number of nitrogen functional groups attached to an aromatic ring is 1. The first kappa shape index (κ1) is 120. The van der Waals surface area contributed by atoms with Crippen LogP contribution in [-0.4, -0.2) is 115 Å². The summed E-state index contributed by atoms with van der Waals surface area (Å²) in [6, 6.07) is 16.7. The number of nitrogens with one attached hydrogen (secondary N) is 8. The van der Waals surface area contributed by atoms with Crippen molar-refractivity contribution < 1.29 is 81.7 Å². The normalized spacial score (nSPS) is 13.7. The highest BCUT2D eigenvalue weighted by Gasteiger charge is 2.33.